The maximum absolute atomic E-state index is 13.7. The summed E-state index contributed by atoms with van der Waals surface area (Å²) in [7, 11) is 0. The zero-order chi connectivity index (χ0) is 37.7. The molecule has 4 aromatic carbocycles. The van der Waals surface area contributed by atoms with E-state index in [1.54, 1.807) is 54.6 Å². The summed E-state index contributed by atoms with van der Waals surface area (Å²) in [6.45, 7) is 2.16. The van der Waals surface area contributed by atoms with E-state index in [0.29, 0.717) is 11.3 Å². The van der Waals surface area contributed by atoms with Crippen molar-refractivity contribution < 1.29 is 57.3 Å². The zero-order valence-electron chi connectivity index (χ0n) is 29.9. The van der Waals surface area contributed by atoms with Crippen molar-refractivity contribution in [3.8, 4) is 0 Å². The van der Waals surface area contributed by atoms with Gasteiger partial charge in [-0.1, -0.05) is 104 Å². The number of rotatable bonds is 10. The fraction of sp³-hybridized carbons (Fsp3) is 0.381. The molecule has 4 aliphatic rings. The van der Waals surface area contributed by atoms with Crippen molar-refractivity contribution in [3.05, 3.63) is 144 Å². The molecule has 4 saturated heterocycles. The highest BCUT2D eigenvalue weighted by Crippen LogP contribution is 2.42. The number of aliphatic hydroxyl groups is 1. The van der Waals surface area contributed by atoms with Gasteiger partial charge < -0.3 is 47.7 Å². The second kappa shape index (κ2) is 17.3. The molecular weight excluding hydrogens is 729 g/mol. The van der Waals surface area contributed by atoms with Crippen LogP contribution in [-0.2, 0) is 42.6 Å². The van der Waals surface area contributed by atoms with Gasteiger partial charge in [0, 0.05) is 11.1 Å². The van der Waals surface area contributed by atoms with Crippen molar-refractivity contribution in [1.82, 2.24) is 0 Å². The lowest BCUT2D eigenvalue weighted by atomic mass is 9.95. The molecule has 55 heavy (non-hydrogen) atoms. The Labute approximate surface area is 322 Å². The van der Waals surface area contributed by atoms with Crippen molar-refractivity contribution in [3.63, 3.8) is 0 Å². The van der Waals surface area contributed by atoms with E-state index in [-0.39, 0.29) is 18.8 Å². The Balaban J connectivity index is 1.14. The molecule has 8 rings (SSSR count). The summed E-state index contributed by atoms with van der Waals surface area (Å²) in [6, 6.07) is 35.8. The van der Waals surface area contributed by atoms with Crippen LogP contribution >= 0.6 is 11.8 Å². The predicted octanol–water partition coefficient (Wildman–Crippen LogP) is 5.62. The van der Waals surface area contributed by atoms with E-state index in [4.69, 9.17) is 42.6 Å². The average Bonchev–Trinajstić information content (AvgIpc) is 3.24. The van der Waals surface area contributed by atoms with Gasteiger partial charge in [0.25, 0.3) is 0 Å². The lowest BCUT2D eigenvalue weighted by Crippen LogP contribution is -2.67. The normalized spacial score (nSPS) is 33.1. The number of esters is 2. The van der Waals surface area contributed by atoms with E-state index in [9.17, 15) is 14.7 Å². The summed E-state index contributed by atoms with van der Waals surface area (Å²) < 4.78 is 57.4. The van der Waals surface area contributed by atoms with E-state index >= 15 is 0 Å². The molecule has 6 unspecified atom stereocenters. The van der Waals surface area contributed by atoms with Crippen LogP contribution in [0.25, 0.3) is 0 Å². The average molecular weight is 771 g/mol. The number of hydrogen-bond donors (Lipinski definition) is 1. The Morgan fingerprint density at radius 3 is 1.62 bits per heavy atom. The lowest BCUT2D eigenvalue weighted by Gasteiger charge is -2.51. The SMILES string of the molecule is CCS[C@@H]1OC2COC(c3ccccc3)O[C@H]2[C@H](O[C@@H]2OC3COC(c4ccccc4)O[C@H]3[C@H](O)C2OC(=O)c2ccccc2)C1OC(=O)c1ccccc1. The number of ether oxygens (including phenoxy) is 9. The molecule has 0 radical (unpaired) electrons. The molecule has 0 bridgehead atoms. The number of thioether (sulfide) groups is 1. The molecule has 4 heterocycles. The summed E-state index contributed by atoms with van der Waals surface area (Å²) in [5.74, 6) is -0.665. The first kappa shape index (κ1) is 37.8. The van der Waals surface area contributed by atoms with Crippen LogP contribution in [0.3, 0.4) is 0 Å². The second-order valence-electron chi connectivity index (χ2n) is 13.5. The standard InChI is InChI=1S/C42H42O12S/c1-2-55-42-36(51-38(45)26-17-9-4-10-18-26)35(33-30(49-42)24-47-40(53-33)28-21-13-6-14-22-28)54-41-34(50-37(44)25-15-7-3-8-16-25)31(43)32-29(48-41)23-46-39(52-32)27-19-11-5-12-20-27/h3-22,29-36,39-43H,2,23-24H2,1H3/t29?,30?,31-,32+,33+,34?,35-,36?,39?,40?,41-,42-/m0/s1. The Morgan fingerprint density at radius 2 is 1.09 bits per heavy atom. The number of hydrogen-bond acceptors (Lipinski definition) is 13. The monoisotopic (exact) mass is 770 g/mol. The molecule has 4 aromatic rings. The summed E-state index contributed by atoms with van der Waals surface area (Å²) in [4.78, 5) is 27.3. The van der Waals surface area contributed by atoms with Crippen LogP contribution in [0.15, 0.2) is 121 Å². The fourth-order valence-corrected chi connectivity index (χ4v) is 8.12. The van der Waals surface area contributed by atoms with Crippen molar-refractivity contribution in [2.75, 3.05) is 19.0 Å². The second-order valence-corrected chi connectivity index (χ2v) is 14.8. The van der Waals surface area contributed by atoms with E-state index < -0.39 is 85.1 Å². The van der Waals surface area contributed by atoms with E-state index in [2.05, 4.69) is 0 Å². The highest BCUT2D eigenvalue weighted by molar-refractivity contribution is 7.99. The molecule has 0 amide bonds. The van der Waals surface area contributed by atoms with E-state index in [0.717, 1.165) is 11.1 Å². The third kappa shape index (κ3) is 8.36. The van der Waals surface area contributed by atoms with Gasteiger partial charge in [-0.25, -0.2) is 9.59 Å². The quantitative estimate of drug-likeness (QED) is 0.200. The maximum atomic E-state index is 13.7. The van der Waals surface area contributed by atoms with Gasteiger partial charge >= 0.3 is 11.9 Å². The first-order chi connectivity index (χ1) is 27.0. The van der Waals surface area contributed by atoms with Gasteiger partial charge in [0.2, 0.25) is 0 Å². The molecule has 13 heteroatoms. The van der Waals surface area contributed by atoms with Gasteiger partial charge in [-0.05, 0) is 30.0 Å². The summed E-state index contributed by atoms with van der Waals surface area (Å²) in [5.41, 5.74) is 1.43. The molecule has 4 aliphatic heterocycles. The highest BCUT2D eigenvalue weighted by atomic mass is 32.2. The van der Waals surface area contributed by atoms with Gasteiger partial charge in [-0.3, -0.25) is 0 Å². The number of aliphatic hydroxyl groups excluding tert-OH is 1. The van der Waals surface area contributed by atoms with Gasteiger partial charge in [0.1, 0.15) is 42.1 Å². The summed E-state index contributed by atoms with van der Waals surface area (Å²) in [6.07, 6.45) is -11.1. The molecule has 12 nitrogen and oxygen atoms in total. The van der Waals surface area contributed by atoms with Crippen LogP contribution < -0.4 is 0 Å². The Kier molecular flexibility index (Phi) is 11.9. The summed E-state index contributed by atoms with van der Waals surface area (Å²) >= 11 is 1.44. The molecule has 0 aliphatic carbocycles. The maximum Gasteiger partial charge on any atom is 0.338 e. The van der Waals surface area contributed by atoms with E-state index in [1.165, 1.54) is 11.8 Å². The van der Waals surface area contributed by atoms with Crippen LogP contribution in [0.4, 0.5) is 0 Å². The Bertz CT molecular complexity index is 1850. The minimum Gasteiger partial charge on any atom is -0.452 e. The topological polar surface area (TPSA) is 137 Å². The van der Waals surface area contributed by atoms with Crippen LogP contribution in [0, 0.1) is 0 Å². The molecule has 4 fully saturated rings. The molecule has 288 valence electrons. The molecule has 0 aromatic heterocycles. The van der Waals surface area contributed by atoms with E-state index in [1.807, 2.05) is 73.7 Å². The van der Waals surface area contributed by atoms with Crippen molar-refractivity contribution in [2.24, 2.45) is 0 Å². The molecular formula is C42H42O12S. The molecule has 1 N–H and O–H groups in total. The van der Waals surface area contributed by atoms with Crippen LogP contribution in [0.5, 0.6) is 0 Å². The Morgan fingerprint density at radius 1 is 0.618 bits per heavy atom. The van der Waals surface area contributed by atoms with Crippen LogP contribution in [0.1, 0.15) is 51.3 Å². The Hall–Kier alpha value is -4.15. The lowest BCUT2D eigenvalue weighted by molar-refractivity contribution is -0.387. The fourth-order valence-electron chi connectivity index (χ4n) is 7.17. The highest BCUT2D eigenvalue weighted by Gasteiger charge is 2.57. The zero-order valence-corrected chi connectivity index (χ0v) is 30.8. The number of carbonyl (C=O) groups excluding carboxylic acids is 2. The molecule has 0 spiro atoms. The third-order valence-electron chi connectivity index (χ3n) is 9.86. The molecule has 12 atom stereocenters. The van der Waals surface area contributed by atoms with Crippen molar-refractivity contribution in [2.45, 2.75) is 80.1 Å². The number of carbonyl (C=O) groups is 2. The first-order valence-electron chi connectivity index (χ1n) is 18.4. The van der Waals surface area contributed by atoms with Gasteiger partial charge in [-0.15, -0.1) is 11.8 Å². The van der Waals surface area contributed by atoms with Crippen molar-refractivity contribution in [1.29, 1.82) is 0 Å². The van der Waals surface area contributed by atoms with Gasteiger partial charge in [-0.2, -0.15) is 0 Å². The van der Waals surface area contributed by atoms with Crippen LogP contribution in [-0.4, -0.2) is 96.6 Å². The predicted molar refractivity (Wildman–Crippen MR) is 198 cm³/mol. The third-order valence-corrected chi connectivity index (χ3v) is 10.9. The van der Waals surface area contributed by atoms with Gasteiger partial charge in [0.15, 0.2) is 31.1 Å². The van der Waals surface area contributed by atoms with Crippen molar-refractivity contribution >= 4 is 23.7 Å². The minimum absolute atomic E-state index is 0.0431. The van der Waals surface area contributed by atoms with Gasteiger partial charge in [0.05, 0.1) is 24.3 Å². The molecule has 0 saturated carbocycles. The summed E-state index contributed by atoms with van der Waals surface area (Å²) in [5, 5.41) is 12.1. The first-order valence-corrected chi connectivity index (χ1v) is 19.4. The van der Waals surface area contributed by atoms with Crippen LogP contribution in [0.2, 0.25) is 0 Å². The largest absolute Gasteiger partial charge is 0.452 e. The number of benzene rings is 4. The number of fused-ring (bicyclic) bond motifs is 2. The minimum atomic E-state index is -1.42. The smallest absolute Gasteiger partial charge is 0.338 e.